The number of benzene rings is 3. The molecule has 0 radical (unpaired) electrons. The number of carbonyl (C=O) groups excluding carboxylic acids is 2. The topological polar surface area (TPSA) is 77.8 Å². The van der Waals surface area contributed by atoms with Crippen molar-refractivity contribution in [2.75, 3.05) is 18.5 Å². The molecule has 1 aliphatic heterocycles. The van der Waals surface area contributed by atoms with Gasteiger partial charge < -0.3 is 19.2 Å². The molecule has 3 aromatic carbocycles. The van der Waals surface area contributed by atoms with Crippen molar-refractivity contribution in [3.05, 3.63) is 89.2 Å². The zero-order valence-electron chi connectivity index (χ0n) is 19.3. The SMILES string of the molecule is CC(C)(C)c1ccc(C(=O)Nc2c(C(=O)c3ccc4c(c3)OCCO4)oc3ccccc23)cc1. The fraction of sp³-hybridized carbons (Fsp3) is 0.214. The lowest BCUT2D eigenvalue weighted by atomic mass is 9.86. The van der Waals surface area contributed by atoms with E-state index in [1.807, 2.05) is 30.3 Å². The van der Waals surface area contributed by atoms with Gasteiger partial charge in [0, 0.05) is 16.5 Å². The number of anilines is 1. The first kappa shape index (κ1) is 21.8. The maximum atomic E-state index is 13.5. The van der Waals surface area contributed by atoms with Crippen molar-refractivity contribution in [1.82, 2.24) is 0 Å². The van der Waals surface area contributed by atoms with Crippen molar-refractivity contribution in [2.45, 2.75) is 26.2 Å². The third-order valence-corrected chi connectivity index (χ3v) is 5.86. The van der Waals surface area contributed by atoms with Gasteiger partial charge in [-0.1, -0.05) is 45.0 Å². The molecule has 0 atom stereocenters. The van der Waals surface area contributed by atoms with Crippen LogP contribution < -0.4 is 14.8 Å². The largest absolute Gasteiger partial charge is 0.486 e. The standard InChI is InChI=1S/C28H25NO5/c1-28(2,3)19-11-8-17(9-12-19)27(31)29-24-20-6-4-5-7-21(20)34-26(24)25(30)18-10-13-22-23(16-18)33-15-14-32-22/h4-13,16H,14-15H2,1-3H3,(H,29,31). The Labute approximate surface area is 197 Å². The molecule has 0 saturated carbocycles. The molecule has 6 heteroatoms. The highest BCUT2D eigenvalue weighted by molar-refractivity contribution is 6.19. The summed E-state index contributed by atoms with van der Waals surface area (Å²) >= 11 is 0. The van der Waals surface area contributed by atoms with E-state index < -0.39 is 0 Å². The molecule has 34 heavy (non-hydrogen) atoms. The number of ether oxygens (including phenoxy) is 2. The summed E-state index contributed by atoms with van der Waals surface area (Å²) in [5.41, 5.74) is 2.86. The van der Waals surface area contributed by atoms with Gasteiger partial charge in [0.1, 0.15) is 18.8 Å². The first-order valence-electron chi connectivity index (χ1n) is 11.2. The molecule has 1 aromatic heterocycles. The molecular weight excluding hydrogens is 430 g/mol. The number of ketones is 1. The fourth-order valence-corrected chi connectivity index (χ4v) is 3.95. The van der Waals surface area contributed by atoms with Crippen molar-refractivity contribution in [2.24, 2.45) is 0 Å². The van der Waals surface area contributed by atoms with Crippen LogP contribution in [-0.2, 0) is 5.41 Å². The Morgan fingerprint density at radius 3 is 2.24 bits per heavy atom. The predicted octanol–water partition coefficient (Wildman–Crippen LogP) is 5.98. The van der Waals surface area contributed by atoms with E-state index >= 15 is 0 Å². The average Bonchev–Trinajstić information content (AvgIpc) is 3.21. The van der Waals surface area contributed by atoms with Gasteiger partial charge in [0.25, 0.3) is 5.91 Å². The van der Waals surface area contributed by atoms with Crippen LogP contribution in [0.2, 0.25) is 0 Å². The molecule has 0 unspecified atom stereocenters. The molecule has 4 aromatic rings. The van der Waals surface area contributed by atoms with Crippen molar-refractivity contribution in [3.63, 3.8) is 0 Å². The number of nitrogens with one attached hydrogen (secondary N) is 1. The summed E-state index contributed by atoms with van der Waals surface area (Å²) in [4.78, 5) is 26.6. The summed E-state index contributed by atoms with van der Waals surface area (Å²) in [5.74, 6) is 0.504. The first-order valence-corrected chi connectivity index (χ1v) is 11.2. The minimum Gasteiger partial charge on any atom is -0.486 e. The van der Waals surface area contributed by atoms with Crippen molar-refractivity contribution >= 4 is 28.3 Å². The van der Waals surface area contributed by atoms with Crippen molar-refractivity contribution < 1.29 is 23.5 Å². The maximum Gasteiger partial charge on any atom is 0.255 e. The van der Waals surface area contributed by atoms with Crippen LogP contribution in [0.3, 0.4) is 0 Å². The van der Waals surface area contributed by atoms with Crippen LogP contribution in [0.25, 0.3) is 11.0 Å². The molecule has 1 N–H and O–H groups in total. The van der Waals surface area contributed by atoms with Crippen molar-refractivity contribution in [1.29, 1.82) is 0 Å². The molecule has 2 heterocycles. The monoisotopic (exact) mass is 455 g/mol. The van der Waals surface area contributed by atoms with E-state index in [0.717, 1.165) is 5.56 Å². The van der Waals surface area contributed by atoms with E-state index in [2.05, 4.69) is 26.1 Å². The van der Waals surface area contributed by atoms with Crippen LogP contribution in [0, 0.1) is 0 Å². The quantitative estimate of drug-likeness (QED) is 0.383. The van der Waals surface area contributed by atoms with Gasteiger partial charge in [-0.25, -0.2) is 0 Å². The lowest BCUT2D eigenvalue weighted by Gasteiger charge is -2.19. The second-order valence-corrected chi connectivity index (χ2v) is 9.27. The Morgan fingerprint density at radius 1 is 0.824 bits per heavy atom. The second-order valence-electron chi connectivity index (χ2n) is 9.27. The van der Waals surface area contributed by atoms with Gasteiger partial charge in [-0.3, -0.25) is 9.59 Å². The van der Waals surface area contributed by atoms with Crippen LogP contribution in [0.5, 0.6) is 11.5 Å². The first-order chi connectivity index (χ1) is 16.3. The Balaban J connectivity index is 1.50. The van der Waals surface area contributed by atoms with E-state index in [9.17, 15) is 9.59 Å². The molecule has 0 fully saturated rings. The summed E-state index contributed by atoms with van der Waals surface area (Å²) in [7, 11) is 0. The predicted molar refractivity (Wildman–Crippen MR) is 130 cm³/mol. The lowest BCUT2D eigenvalue weighted by Crippen LogP contribution is -2.17. The number of hydrogen-bond acceptors (Lipinski definition) is 5. The molecule has 0 bridgehead atoms. The van der Waals surface area contributed by atoms with Gasteiger partial charge in [0.15, 0.2) is 17.3 Å². The lowest BCUT2D eigenvalue weighted by molar-refractivity contribution is 0.101. The maximum absolute atomic E-state index is 13.5. The van der Waals surface area contributed by atoms with Crippen LogP contribution in [-0.4, -0.2) is 24.9 Å². The van der Waals surface area contributed by atoms with Gasteiger partial charge in [0.2, 0.25) is 5.78 Å². The molecule has 0 saturated heterocycles. The smallest absolute Gasteiger partial charge is 0.255 e. The number of rotatable bonds is 4. The Kier molecular flexibility index (Phi) is 5.36. The average molecular weight is 456 g/mol. The Hall–Kier alpha value is -4.06. The van der Waals surface area contributed by atoms with Gasteiger partial charge in [-0.15, -0.1) is 0 Å². The zero-order chi connectivity index (χ0) is 23.9. The van der Waals surface area contributed by atoms with Gasteiger partial charge >= 0.3 is 0 Å². The van der Waals surface area contributed by atoms with E-state index in [0.29, 0.717) is 52.5 Å². The third kappa shape index (κ3) is 4.03. The number of amides is 1. The molecule has 1 amide bonds. The van der Waals surface area contributed by atoms with Gasteiger partial charge in [0.05, 0.1) is 5.69 Å². The summed E-state index contributed by atoms with van der Waals surface area (Å²) in [6.45, 7) is 7.25. The van der Waals surface area contributed by atoms with E-state index in [1.165, 1.54) is 0 Å². The summed E-state index contributed by atoms with van der Waals surface area (Å²) in [5, 5.41) is 3.57. The van der Waals surface area contributed by atoms with Gasteiger partial charge in [-0.2, -0.15) is 0 Å². The Bertz CT molecular complexity index is 1390. The number of fused-ring (bicyclic) bond motifs is 2. The molecule has 5 rings (SSSR count). The van der Waals surface area contributed by atoms with E-state index in [1.54, 1.807) is 36.4 Å². The van der Waals surface area contributed by atoms with Crippen LogP contribution in [0.1, 0.15) is 52.8 Å². The minimum absolute atomic E-state index is 0.0149. The van der Waals surface area contributed by atoms with Gasteiger partial charge in [-0.05, 0) is 53.4 Å². The summed E-state index contributed by atoms with van der Waals surface area (Å²) in [6.07, 6.45) is 0. The zero-order valence-corrected chi connectivity index (χ0v) is 19.3. The second kappa shape index (κ2) is 8.37. The van der Waals surface area contributed by atoms with Crippen molar-refractivity contribution in [3.8, 4) is 11.5 Å². The summed E-state index contributed by atoms with van der Waals surface area (Å²) in [6, 6.07) is 19.7. The highest BCUT2D eigenvalue weighted by atomic mass is 16.6. The number of hydrogen-bond donors (Lipinski definition) is 1. The van der Waals surface area contributed by atoms with E-state index in [4.69, 9.17) is 13.9 Å². The normalized spacial score (nSPS) is 13.0. The fourth-order valence-electron chi connectivity index (χ4n) is 3.95. The molecule has 6 nitrogen and oxygen atoms in total. The third-order valence-electron chi connectivity index (χ3n) is 5.86. The van der Waals surface area contributed by atoms with Crippen LogP contribution >= 0.6 is 0 Å². The minimum atomic E-state index is -0.355. The molecule has 0 spiro atoms. The highest BCUT2D eigenvalue weighted by Crippen LogP contribution is 2.36. The van der Waals surface area contributed by atoms with E-state index in [-0.39, 0.29) is 22.9 Å². The molecule has 0 aliphatic carbocycles. The highest BCUT2D eigenvalue weighted by Gasteiger charge is 2.25. The molecular formula is C28H25NO5. The Morgan fingerprint density at radius 2 is 1.50 bits per heavy atom. The van der Waals surface area contributed by atoms with Crippen LogP contribution in [0.4, 0.5) is 5.69 Å². The summed E-state index contributed by atoms with van der Waals surface area (Å²) < 4.78 is 17.1. The number of furan rings is 1. The molecule has 172 valence electrons. The number of carbonyl (C=O) groups is 2. The number of para-hydroxylation sites is 1. The molecule has 1 aliphatic rings. The van der Waals surface area contributed by atoms with Crippen LogP contribution in [0.15, 0.2) is 71.1 Å².